The Morgan fingerprint density at radius 3 is 1.42 bits per heavy atom. The Hall–Kier alpha value is -6.56. The summed E-state index contributed by atoms with van der Waals surface area (Å²) in [6.45, 7) is 0. The summed E-state index contributed by atoms with van der Waals surface area (Å²) < 4.78 is 81.8. The third-order valence-electron chi connectivity index (χ3n) is 9.83. The number of benzene rings is 6. The molecule has 0 saturated heterocycles. The average Bonchev–Trinajstić information content (AvgIpc) is 3.30. The second-order valence-corrected chi connectivity index (χ2v) is 14.0. The molecule has 6 aromatic carbocycles. The fraction of sp³-hybridized carbons (Fsp3) is 0.0612. The SMILES string of the molecule is COC(=O)c1ccc2nc(NC(=O)c3ccccc3-c3ccc(C(F)(F)F)cc3)ccc2c1.O=Cc1ccc2nc(NC(=O)c3ccccc3-c3ccc(C(F)(F)F)cc3)ccc2c1.[H-].[K+]. The molecule has 0 aliphatic carbocycles. The first-order valence-electron chi connectivity index (χ1n) is 19.1. The summed E-state index contributed by atoms with van der Waals surface area (Å²) in [5.74, 6) is -0.747. The van der Waals surface area contributed by atoms with Crippen molar-refractivity contribution in [2.75, 3.05) is 17.7 Å². The van der Waals surface area contributed by atoms with Crippen LogP contribution in [0.2, 0.25) is 0 Å². The summed E-state index contributed by atoms with van der Waals surface area (Å²) in [7, 11) is 1.30. The molecule has 65 heavy (non-hydrogen) atoms. The van der Waals surface area contributed by atoms with Crippen LogP contribution >= 0.6 is 0 Å². The molecular weight excluding hydrogens is 878 g/mol. The van der Waals surface area contributed by atoms with E-state index >= 15 is 0 Å². The number of aromatic nitrogens is 2. The molecule has 9 nitrogen and oxygen atoms in total. The number of methoxy groups -OCH3 is 1. The summed E-state index contributed by atoms with van der Waals surface area (Å²) >= 11 is 0. The number of pyridine rings is 2. The smallest absolute Gasteiger partial charge is 1.00 e. The van der Waals surface area contributed by atoms with Crippen molar-refractivity contribution in [3.63, 3.8) is 0 Å². The Morgan fingerprint density at radius 1 is 0.554 bits per heavy atom. The quantitative estimate of drug-likeness (QED) is 0.0675. The largest absolute Gasteiger partial charge is 1.00 e. The Morgan fingerprint density at radius 2 is 0.985 bits per heavy atom. The van der Waals surface area contributed by atoms with Crippen LogP contribution in [0.4, 0.5) is 38.0 Å². The van der Waals surface area contributed by atoms with Crippen LogP contribution in [-0.2, 0) is 17.1 Å². The van der Waals surface area contributed by atoms with E-state index in [-0.39, 0.29) is 52.8 Å². The van der Waals surface area contributed by atoms with Crippen molar-refractivity contribution in [1.29, 1.82) is 0 Å². The number of carbonyl (C=O) groups is 4. The minimum Gasteiger partial charge on any atom is -1.00 e. The van der Waals surface area contributed by atoms with E-state index in [9.17, 15) is 45.5 Å². The number of amides is 2. The summed E-state index contributed by atoms with van der Waals surface area (Å²) in [4.78, 5) is 57.2. The molecule has 2 N–H and O–H groups in total. The summed E-state index contributed by atoms with van der Waals surface area (Å²) in [6.07, 6.45) is -8.12. The second-order valence-electron chi connectivity index (χ2n) is 14.0. The van der Waals surface area contributed by atoms with Crippen LogP contribution in [0.15, 0.2) is 158 Å². The summed E-state index contributed by atoms with van der Waals surface area (Å²) in [6, 6.07) is 39.1. The molecule has 2 amide bonds. The fourth-order valence-electron chi connectivity index (χ4n) is 6.64. The number of hydrogen-bond acceptors (Lipinski definition) is 7. The third kappa shape index (κ3) is 11.6. The maximum Gasteiger partial charge on any atom is 1.00 e. The molecule has 2 heterocycles. The molecule has 16 heteroatoms. The number of aldehydes is 1. The maximum absolute atomic E-state index is 13.0. The fourth-order valence-corrected chi connectivity index (χ4v) is 6.64. The third-order valence-corrected chi connectivity index (χ3v) is 9.83. The van der Waals surface area contributed by atoms with Gasteiger partial charge >= 0.3 is 69.7 Å². The minimum atomic E-state index is -4.44. The number of nitrogens with zero attached hydrogens (tertiary/aromatic N) is 2. The number of alkyl halides is 6. The van der Waals surface area contributed by atoms with Crippen molar-refractivity contribution >= 4 is 57.5 Å². The van der Waals surface area contributed by atoms with E-state index in [0.717, 1.165) is 35.9 Å². The molecule has 0 bridgehead atoms. The van der Waals surface area contributed by atoms with Gasteiger partial charge in [-0.25, -0.2) is 14.8 Å². The monoisotopic (exact) mass is 910 g/mol. The number of carbonyl (C=O) groups excluding carboxylic acids is 4. The van der Waals surface area contributed by atoms with Gasteiger partial charge in [0, 0.05) is 27.5 Å². The Labute approximate surface area is 410 Å². The van der Waals surface area contributed by atoms with Gasteiger partial charge in [0.25, 0.3) is 11.8 Å². The van der Waals surface area contributed by atoms with E-state index in [1.54, 1.807) is 109 Å². The van der Waals surface area contributed by atoms with Crippen LogP contribution in [-0.4, -0.2) is 41.1 Å². The van der Waals surface area contributed by atoms with Gasteiger partial charge in [-0.05, 0) is 119 Å². The molecule has 0 spiro atoms. The van der Waals surface area contributed by atoms with Gasteiger partial charge in [-0.15, -0.1) is 0 Å². The number of ether oxygens (including phenoxy) is 1. The van der Waals surface area contributed by atoms with Crippen molar-refractivity contribution in [3.8, 4) is 22.3 Å². The van der Waals surface area contributed by atoms with E-state index in [2.05, 4.69) is 20.6 Å². The number of hydrogen-bond donors (Lipinski definition) is 2. The Bertz CT molecular complexity index is 3060. The van der Waals surface area contributed by atoms with Gasteiger partial charge in [-0.2, -0.15) is 26.3 Å². The minimum absolute atomic E-state index is 0. The predicted octanol–water partition coefficient (Wildman–Crippen LogP) is 9.06. The number of rotatable bonds is 8. The average molecular weight is 911 g/mol. The van der Waals surface area contributed by atoms with Gasteiger partial charge in [0.2, 0.25) is 0 Å². The van der Waals surface area contributed by atoms with Crippen LogP contribution in [0.1, 0.15) is 54.0 Å². The van der Waals surface area contributed by atoms with Gasteiger partial charge in [-0.1, -0.05) is 60.7 Å². The van der Waals surface area contributed by atoms with E-state index in [1.807, 2.05) is 0 Å². The molecule has 0 fully saturated rings. The Balaban J connectivity index is 0.000000241. The zero-order valence-electron chi connectivity index (χ0n) is 35.3. The molecule has 322 valence electrons. The number of anilines is 2. The number of esters is 1. The van der Waals surface area contributed by atoms with Crippen LogP contribution < -0.4 is 62.0 Å². The molecule has 8 aromatic rings. The molecule has 0 aliphatic rings. The van der Waals surface area contributed by atoms with Crippen molar-refractivity contribution in [3.05, 3.63) is 191 Å². The molecular formula is C49H33F6KN4O5. The van der Waals surface area contributed by atoms with Crippen molar-refractivity contribution < 1.29 is 103 Å². The number of fused-ring (bicyclic) bond motifs is 2. The predicted molar refractivity (Wildman–Crippen MR) is 231 cm³/mol. The first kappa shape index (κ1) is 47.9. The molecule has 0 atom stereocenters. The maximum atomic E-state index is 13.0. The number of halogens is 6. The molecule has 2 aromatic heterocycles. The van der Waals surface area contributed by atoms with Gasteiger partial charge in [0.1, 0.15) is 17.9 Å². The standard InChI is InChI=1S/C25H17F3N2O3.C24H15F3N2O2.K.H/c1-33-24(32)17-8-12-21-16(14-17)9-13-22(29-21)30-23(31)20-5-3-2-4-19(20)15-6-10-18(11-7-15)25(26,27)28;25-24(26,27)18-9-6-16(7-10-18)19-3-1-2-4-20(19)23(31)29-22-12-8-17-13-15(14-30)5-11-21(17)28-22;;/h2-14H,1H3,(H,29,30,31);1-14H,(H,28,29,31);;/q;;+1;-1. The van der Waals surface area contributed by atoms with E-state index in [4.69, 9.17) is 4.74 Å². The van der Waals surface area contributed by atoms with Crippen LogP contribution in [0, 0.1) is 0 Å². The van der Waals surface area contributed by atoms with E-state index < -0.39 is 41.3 Å². The molecule has 0 unspecified atom stereocenters. The normalized spacial score (nSPS) is 11.1. The van der Waals surface area contributed by atoms with E-state index in [0.29, 0.717) is 72.6 Å². The van der Waals surface area contributed by atoms with Crippen molar-refractivity contribution in [2.45, 2.75) is 12.4 Å². The molecule has 8 rings (SSSR count). The summed E-state index contributed by atoms with van der Waals surface area (Å²) in [5.41, 5.74) is 3.14. The van der Waals surface area contributed by atoms with Gasteiger partial charge in [-0.3, -0.25) is 14.4 Å². The van der Waals surface area contributed by atoms with Crippen LogP contribution in [0.5, 0.6) is 0 Å². The first-order chi connectivity index (χ1) is 30.6. The molecule has 0 radical (unpaired) electrons. The second kappa shape index (κ2) is 20.5. The van der Waals surface area contributed by atoms with Gasteiger partial charge < -0.3 is 16.8 Å². The van der Waals surface area contributed by atoms with Crippen LogP contribution in [0.3, 0.4) is 0 Å². The Kier molecular flexibility index (Phi) is 15.1. The number of nitrogens with one attached hydrogen (secondary N) is 2. The van der Waals surface area contributed by atoms with Gasteiger partial charge in [0.15, 0.2) is 0 Å². The molecule has 0 aliphatic heterocycles. The van der Waals surface area contributed by atoms with Gasteiger partial charge in [0.05, 0.1) is 34.8 Å². The van der Waals surface area contributed by atoms with Crippen molar-refractivity contribution in [2.24, 2.45) is 0 Å². The van der Waals surface area contributed by atoms with Crippen molar-refractivity contribution in [1.82, 2.24) is 9.97 Å². The van der Waals surface area contributed by atoms with Crippen LogP contribution in [0.25, 0.3) is 44.1 Å². The zero-order valence-corrected chi connectivity index (χ0v) is 37.4. The topological polar surface area (TPSA) is 127 Å². The molecule has 0 saturated carbocycles. The van der Waals surface area contributed by atoms with E-state index in [1.165, 1.54) is 31.4 Å². The first-order valence-corrected chi connectivity index (χ1v) is 19.1. The zero-order chi connectivity index (χ0) is 45.6. The summed E-state index contributed by atoms with van der Waals surface area (Å²) in [5, 5.41) is 6.90.